The van der Waals surface area contributed by atoms with E-state index in [1.54, 1.807) is 36.4 Å². The Kier molecular flexibility index (Phi) is 3.45. The van der Waals surface area contributed by atoms with Crippen LogP contribution in [0, 0.1) is 0 Å². The Bertz CT molecular complexity index is 716. The third-order valence-corrected chi connectivity index (χ3v) is 3.07. The summed E-state index contributed by atoms with van der Waals surface area (Å²) in [5, 5.41) is 5.77. The first-order valence-corrected chi connectivity index (χ1v) is 6.50. The molecule has 0 radical (unpaired) electrons. The van der Waals surface area contributed by atoms with Crippen molar-refractivity contribution in [2.45, 2.75) is 0 Å². The number of nitrogens with zero attached hydrogens (tertiary/aromatic N) is 1. The Morgan fingerprint density at radius 2 is 2.00 bits per heavy atom. The number of benzene rings is 1. The van der Waals surface area contributed by atoms with Crippen molar-refractivity contribution in [3.8, 4) is 5.75 Å². The van der Waals surface area contributed by atoms with Crippen molar-refractivity contribution in [3.05, 3.63) is 47.0 Å². The number of rotatable bonds is 2. The van der Waals surface area contributed by atoms with Gasteiger partial charge in [0, 0.05) is 10.6 Å². The Hall–Kier alpha value is -2.60. The van der Waals surface area contributed by atoms with Crippen LogP contribution in [0.4, 0.5) is 11.6 Å². The van der Waals surface area contributed by atoms with Gasteiger partial charge in [0.25, 0.3) is 11.8 Å². The van der Waals surface area contributed by atoms with E-state index < -0.39 is 0 Å². The standard InChI is InChI=1S/C14H10ClN3O3/c15-9-3-1-8(2-4-9)14(20)17-11-6-5-10-13(16-11)18-12(19)7-21-10/h1-6H,7H2,(H2,16,17,18,19,20). The van der Waals surface area contributed by atoms with E-state index in [0.717, 1.165) is 0 Å². The number of carbonyl (C=O) groups is 2. The third-order valence-electron chi connectivity index (χ3n) is 2.82. The molecule has 1 aromatic carbocycles. The summed E-state index contributed by atoms with van der Waals surface area (Å²) in [7, 11) is 0. The molecule has 2 amide bonds. The van der Waals surface area contributed by atoms with Crippen LogP contribution in [-0.4, -0.2) is 23.4 Å². The summed E-state index contributed by atoms with van der Waals surface area (Å²) in [4.78, 5) is 27.4. The lowest BCUT2D eigenvalue weighted by molar-refractivity contribution is -0.118. The van der Waals surface area contributed by atoms with Crippen LogP contribution in [0.1, 0.15) is 10.4 Å². The minimum Gasteiger partial charge on any atom is -0.480 e. The number of fused-ring (bicyclic) bond motifs is 1. The SMILES string of the molecule is O=C1COc2ccc(NC(=O)c3ccc(Cl)cc3)nc2N1. The van der Waals surface area contributed by atoms with Crippen LogP contribution in [0.2, 0.25) is 5.02 Å². The number of anilines is 2. The summed E-state index contributed by atoms with van der Waals surface area (Å²) in [5.74, 6) is 0.483. The molecule has 2 aromatic rings. The van der Waals surface area contributed by atoms with Gasteiger partial charge in [-0.1, -0.05) is 11.6 Å². The van der Waals surface area contributed by atoms with Gasteiger partial charge < -0.3 is 15.4 Å². The first kappa shape index (κ1) is 13.4. The molecule has 0 atom stereocenters. The molecule has 106 valence electrons. The highest BCUT2D eigenvalue weighted by atomic mass is 35.5. The summed E-state index contributed by atoms with van der Waals surface area (Å²) in [6, 6.07) is 9.72. The summed E-state index contributed by atoms with van der Waals surface area (Å²) >= 11 is 5.77. The lowest BCUT2D eigenvalue weighted by Gasteiger charge is -2.17. The molecule has 0 unspecified atom stereocenters. The summed E-state index contributed by atoms with van der Waals surface area (Å²) in [5.41, 5.74) is 0.458. The predicted molar refractivity (Wildman–Crippen MR) is 77.8 cm³/mol. The molecule has 0 saturated carbocycles. The van der Waals surface area contributed by atoms with Crippen LogP contribution in [-0.2, 0) is 4.79 Å². The fourth-order valence-electron chi connectivity index (χ4n) is 1.82. The van der Waals surface area contributed by atoms with Gasteiger partial charge in [-0.3, -0.25) is 9.59 Å². The van der Waals surface area contributed by atoms with Crippen LogP contribution in [0.25, 0.3) is 0 Å². The number of carbonyl (C=O) groups excluding carboxylic acids is 2. The van der Waals surface area contributed by atoms with E-state index >= 15 is 0 Å². The van der Waals surface area contributed by atoms with E-state index in [4.69, 9.17) is 16.3 Å². The Balaban J connectivity index is 1.79. The van der Waals surface area contributed by atoms with Crippen molar-refractivity contribution in [1.29, 1.82) is 0 Å². The molecule has 0 aliphatic carbocycles. The number of hydrogen-bond donors (Lipinski definition) is 2. The number of amides is 2. The zero-order valence-corrected chi connectivity index (χ0v) is 11.5. The van der Waals surface area contributed by atoms with Gasteiger partial charge in [-0.2, -0.15) is 0 Å². The van der Waals surface area contributed by atoms with Gasteiger partial charge in [0.05, 0.1) is 0 Å². The van der Waals surface area contributed by atoms with Crippen LogP contribution in [0.3, 0.4) is 0 Å². The molecule has 1 aliphatic heterocycles. The largest absolute Gasteiger partial charge is 0.480 e. The number of pyridine rings is 1. The van der Waals surface area contributed by atoms with Crippen LogP contribution < -0.4 is 15.4 Å². The van der Waals surface area contributed by atoms with Crippen LogP contribution in [0.15, 0.2) is 36.4 Å². The van der Waals surface area contributed by atoms with Gasteiger partial charge in [-0.25, -0.2) is 4.98 Å². The normalized spacial score (nSPS) is 12.9. The summed E-state index contributed by atoms with van der Waals surface area (Å²) in [6.45, 7) is -0.0365. The summed E-state index contributed by atoms with van der Waals surface area (Å²) < 4.78 is 5.19. The fourth-order valence-corrected chi connectivity index (χ4v) is 1.95. The Morgan fingerprint density at radius 1 is 1.24 bits per heavy atom. The second-order valence-electron chi connectivity index (χ2n) is 4.34. The molecule has 0 saturated heterocycles. The van der Waals surface area contributed by atoms with E-state index in [1.807, 2.05) is 0 Å². The summed E-state index contributed by atoms with van der Waals surface area (Å²) in [6.07, 6.45) is 0. The molecular weight excluding hydrogens is 294 g/mol. The van der Waals surface area contributed by atoms with Crippen molar-refractivity contribution in [3.63, 3.8) is 0 Å². The van der Waals surface area contributed by atoms with E-state index in [1.165, 1.54) is 0 Å². The second kappa shape index (κ2) is 5.41. The molecule has 0 spiro atoms. The van der Waals surface area contributed by atoms with E-state index in [9.17, 15) is 9.59 Å². The first-order valence-electron chi connectivity index (χ1n) is 6.12. The molecule has 3 rings (SSSR count). The number of hydrogen-bond acceptors (Lipinski definition) is 4. The van der Waals surface area contributed by atoms with Crippen molar-refractivity contribution in [2.75, 3.05) is 17.2 Å². The average Bonchev–Trinajstić information content (AvgIpc) is 2.47. The molecule has 6 nitrogen and oxygen atoms in total. The van der Waals surface area contributed by atoms with Crippen molar-refractivity contribution in [1.82, 2.24) is 4.98 Å². The van der Waals surface area contributed by atoms with Gasteiger partial charge >= 0.3 is 0 Å². The Morgan fingerprint density at radius 3 is 2.76 bits per heavy atom. The van der Waals surface area contributed by atoms with Crippen molar-refractivity contribution in [2.24, 2.45) is 0 Å². The van der Waals surface area contributed by atoms with E-state index in [2.05, 4.69) is 15.6 Å². The smallest absolute Gasteiger partial charge is 0.263 e. The molecule has 2 N–H and O–H groups in total. The molecule has 1 aromatic heterocycles. The minimum absolute atomic E-state index is 0.0365. The molecule has 2 heterocycles. The maximum Gasteiger partial charge on any atom is 0.263 e. The fraction of sp³-hybridized carbons (Fsp3) is 0.0714. The molecule has 21 heavy (non-hydrogen) atoms. The van der Waals surface area contributed by atoms with Gasteiger partial charge in [0.2, 0.25) is 0 Å². The molecule has 7 heteroatoms. The van der Waals surface area contributed by atoms with Gasteiger partial charge in [-0.05, 0) is 36.4 Å². The zero-order valence-electron chi connectivity index (χ0n) is 10.7. The number of ether oxygens (including phenoxy) is 1. The molecule has 0 fully saturated rings. The van der Waals surface area contributed by atoms with Gasteiger partial charge in [-0.15, -0.1) is 0 Å². The zero-order chi connectivity index (χ0) is 14.8. The minimum atomic E-state index is -0.317. The predicted octanol–water partition coefficient (Wildman–Crippen LogP) is 2.32. The molecule has 1 aliphatic rings. The van der Waals surface area contributed by atoms with Gasteiger partial charge in [0.15, 0.2) is 18.2 Å². The highest BCUT2D eigenvalue weighted by molar-refractivity contribution is 6.30. The maximum absolute atomic E-state index is 12.0. The van der Waals surface area contributed by atoms with Crippen molar-refractivity contribution < 1.29 is 14.3 Å². The lowest BCUT2D eigenvalue weighted by Crippen LogP contribution is -2.26. The first-order chi connectivity index (χ1) is 10.1. The number of halogens is 1. The topological polar surface area (TPSA) is 80.3 Å². The quantitative estimate of drug-likeness (QED) is 0.892. The van der Waals surface area contributed by atoms with Gasteiger partial charge in [0.1, 0.15) is 5.82 Å². The average molecular weight is 304 g/mol. The molecule has 0 bridgehead atoms. The third kappa shape index (κ3) is 2.95. The maximum atomic E-state index is 12.0. The molecular formula is C14H10ClN3O3. The van der Waals surface area contributed by atoms with Crippen molar-refractivity contribution >= 4 is 35.1 Å². The second-order valence-corrected chi connectivity index (χ2v) is 4.78. The number of aromatic nitrogens is 1. The highest BCUT2D eigenvalue weighted by Gasteiger charge is 2.18. The lowest BCUT2D eigenvalue weighted by atomic mass is 10.2. The van der Waals surface area contributed by atoms with Crippen LogP contribution >= 0.6 is 11.6 Å². The van der Waals surface area contributed by atoms with Crippen LogP contribution in [0.5, 0.6) is 5.75 Å². The Labute approximate surface area is 125 Å². The van der Waals surface area contributed by atoms with E-state index in [-0.39, 0.29) is 18.4 Å². The monoisotopic (exact) mass is 303 g/mol. The highest BCUT2D eigenvalue weighted by Crippen LogP contribution is 2.27. The number of nitrogens with one attached hydrogen (secondary N) is 2. The van der Waals surface area contributed by atoms with E-state index in [0.29, 0.717) is 28.0 Å².